The topological polar surface area (TPSA) is 152 Å². The van der Waals surface area contributed by atoms with Gasteiger partial charge in [-0.15, -0.1) is 0 Å². The van der Waals surface area contributed by atoms with Gasteiger partial charge in [-0.3, -0.25) is 0 Å². The zero-order chi connectivity index (χ0) is 13.8. The zero-order valence-corrected chi connectivity index (χ0v) is 12.5. The average molecular weight is 390 g/mol. The van der Waals surface area contributed by atoms with E-state index in [4.69, 9.17) is 25.0 Å². The molecular formula is C7H7LaO8S. The number of aromatic hydroxyl groups is 3. The van der Waals surface area contributed by atoms with Gasteiger partial charge in [0.2, 0.25) is 0 Å². The Morgan fingerprint density at radius 3 is 1.65 bits per heavy atom. The van der Waals surface area contributed by atoms with Gasteiger partial charge in [-0.05, 0) is 12.1 Å². The van der Waals surface area contributed by atoms with Crippen molar-refractivity contribution in [1.29, 1.82) is 0 Å². The van der Waals surface area contributed by atoms with Crippen LogP contribution in [0.5, 0.6) is 17.2 Å². The number of hydrogen-bond acceptors (Lipinski definition) is 6. The first-order chi connectivity index (χ1) is 7.52. The predicted molar refractivity (Wildman–Crippen MR) is 49.9 cm³/mol. The molecule has 1 rings (SSSR count). The summed E-state index contributed by atoms with van der Waals surface area (Å²) in [5, 5.41) is 31.5. The quantitative estimate of drug-likeness (QED) is 0.328. The van der Waals surface area contributed by atoms with Crippen molar-refractivity contribution in [3.63, 3.8) is 0 Å². The van der Waals surface area contributed by atoms with Gasteiger partial charge >= 0.3 is 56.0 Å². The number of benzene rings is 1. The second-order valence-electron chi connectivity index (χ2n) is 2.68. The van der Waals surface area contributed by atoms with E-state index in [1.807, 2.05) is 0 Å². The van der Waals surface area contributed by atoms with Crippen LogP contribution in [0, 0.1) is 32.0 Å². The molecule has 0 heterocycles. The second-order valence-corrected chi connectivity index (χ2v) is 9.32. The van der Waals surface area contributed by atoms with E-state index in [1.165, 1.54) is 0 Å². The molecule has 0 aliphatic carbocycles. The summed E-state index contributed by atoms with van der Waals surface area (Å²) in [5.41, 5.74) is -0.289. The van der Waals surface area contributed by atoms with Crippen LogP contribution in [0.15, 0.2) is 12.1 Å². The Morgan fingerprint density at radius 2 is 1.41 bits per heavy atom. The molecule has 0 bridgehead atoms. The number of phenolic OH excluding ortho intramolecular Hbond substituents is 3. The Labute approximate surface area is 115 Å². The fraction of sp³-hybridized carbons (Fsp3) is 0. The first-order valence-corrected chi connectivity index (χ1v) is 9.70. The third-order valence-corrected chi connectivity index (χ3v) is 1.32. The standard InChI is InChI=1S/C7H6O5.La.HO3S/c8-4-1-3(7(11)12)2-5(9)6(4)10;;1-4(2)3/h1-2,8-10H,(H,11,12);;(H,1,2,3). The van der Waals surface area contributed by atoms with Crippen molar-refractivity contribution in [1.82, 2.24) is 0 Å². The maximum absolute atomic E-state index is 10.3. The van der Waals surface area contributed by atoms with Crippen LogP contribution < -0.4 is 0 Å². The van der Waals surface area contributed by atoms with Crippen molar-refractivity contribution in [2.24, 2.45) is 0 Å². The van der Waals surface area contributed by atoms with Gasteiger partial charge in [0.05, 0.1) is 5.56 Å². The molecule has 0 atom stereocenters. The maximum atomic E-state index is 10.3. The van der Waals surface area contributed by atoms with E-state index in [0.29, 0.717) is 0 Å². The van der Waals surface area contributed by atoms with E-state index in [9.17, 15) is 13.2 Å². The Hall–Kier alpha value is -0.805. The van der Waals surface area contributed by atoms with E-state index in [1.54, 1.807) is 0 Å². The summed E-state index contributed by atoms with van der Waals surface area (Å²) in [5.74, 6) is -3.33. The summed E-state index contributed by atoms with van der Waals surface area (Å²) in [6.07, 6.45) is 0. The van der Waals surface area contributed by atoms with Crippen LogP contribution in [0.3, 0.4) is 0 Å². The minimum atomic E-state index is -3.50. The van der Waals surface area contributed by atoms with Crippen LogP contribution in [0.4, 0.5) is 0 Å². The number of rotatable bonds is 1. The third-order valence-electron chi connectivity index (χ3n) is 1.32. The summed E-state index contributed by atoms with van der Waals surface area (Å²) in [6, 6.07) is 1.69. The summed E-state index contributed by atoms with van der Waals surface area (Å²) in [6.45, 7) is 0. The van der Waals surface area contributed by atoms with Gasteiger partial charge in [0, 0.05) is 0 Å². The molecule has 10 heteroatoms. The van der Waals surface area contributed by atoms with Crippen LogP contribution in [0.25, 0.3) is 0 Å². The number of carbonyl (C=O) groups is 1. The van der Waals surface area contributed by atoms with Gasteiger partial charge < -0.3 is 20.4 Å². The van der Waals surface area contributed by atoms with Gasteiger partial charge in [-0.1, -0.05) is 0 Å². The monoisotopic (exact) mass is 390 g/mol. The molecule has 0 aliphatic heterocycles. The zero-order valence-electron chi connectivity index (χ0n) is 8.10. The Kier molecular flexibility index (Phi) is 5.92. The van der Waals surface area contributed by atoms with E-state index in [2.05, 4.69) is 0 Å². The Bertz CT molecular complexity index is 492. The molecule has 0 saturated heterocycles. The Morgan fingerprint density at radius 1 is 1.12 bits per heavy atom. The fourth-order valence-corrected chi connectivity index (χ4v) is 0.728. The van der Waals surface area contributed by atoms with E-state index < -0.39 is 28.3 Å². The van der Waals surface area contributed by atoms with Crippen LogP contribution in [0.2, 0.25) is 0 Å². The number of carboxylic acids is 1. The van der Waals surface area contributed by atoms with Gasteiger partial charge in [0.15, 0.2) is 17.2 Å². The second kappa shape index (κ2) is 6.22. The van der Waals surface area contributed by atoms with E-state index in [0.717, 1.165) is 12.1 Å². The minimum absolute atomic E-state index is 0.289. The summed E-state index contributed by atoms with van der Waals surface area (Å²) in [7, 11) is 0. The van der Waals surface area contributed by atoms with E-state index in [-0.39, 0.29) is 37.5 Å². The van der Waals surface area contributed by atoms with Crippen molar-refractivity contribution in [3.05, 3.63) is 17.7 Å². The van der Waals surface area contributed by atoms with Crippen LogP contribution >= 0.6 is 0 Å². The normalized spacial score (nSPS) is 10.1. The van der Waals surface area contributed by atoms with Gasteiger partial charge in [-0.25, -0.2) is 4.79 Å². The first-order valence-electron chi connectivity index (χ1n) is 3.75. The van der Waals surface area contributed by atoms with Gasteiger partial charge in [0.25, 0.3) is 0 Å². The van der Waals surface area contributed by atoms with Crippen LogP contribution in [-0.4, -0.2) is 39.4 Å². The molecule has 0 fully saturated rings. The molecule has 0 aromatic heterocycles. The van der Waals surface area contributed by atoms with Crippen molar-refractivity contribution in [2.75, 3.05) is 0 Å². The molecule has 0 saturated carbocycles. The number of aromatic carboxylic acids is 1. The number of phenols is 3. The average Bonchev–Trinajstić information content (AvgIpc) is 2.10. The predicted octanol–water partition coefficient (Wildman–Crippen LogP) is -0.160. The molecule has 0 spiro atoms. The number of hydrogen-bond donors (Lipinski definition) is 5. The number of carboxylic acid groups (broad SMARTS) is 1. The summed E-state index contributed by atoms with van der Waals surface area (Å²) < 4.78 is 26.1. The van der Waals surface area contributed by atoms with Gasteiger partial charge in [0.1, 0.15) is 0 Å². The van der Waals surface area contributed by atoms with Crippen molar-refractivity contribution >= 4 is 11.0 Å². The SMILES string of the molecule is O=C(O)c1cc(O)c(O)c(O)c1.O=[S](=O)(O)[La]. The summed E-state index contributed by atoms with van der Waals surface area (Å²) in [4.78, 5) is 10.3. The molecule has 1 aromatic rings. The molecule has 0 unspecified atom stereocenters. The molecule has 5 N–H and O–H groups in total. The molecule has 92 valence electrons. The molecule has 0 radical (unpaired) electrons. The molecule has 1 aromatic carbocycles. The summed E-state index contributed by atoms with van der Waals surface area (Å²) >= 11 is -0.340. The van der Waals surface area contributed by atoms with Gasteiger partial charge in [-0.2, -0.15) is 0 Å². The molecule has 0 amide bonds. The fourth-order valence-electron chi connectivity index (χ4n) is 0.728. The molecule has 17 heavy (non-hydrogen) atoms. The Balaban J connectivity index is 0.000000437. The van der Waals surface area contributed by atoms with Crippen LogP contribution in [0.1, 0.15) is 10.4 Å². The van der Waals surface area contributed by atoms with Crippen molar-refractivity contribution < 1.29 is 70.2 Å². The first kappa shape index (κ1) is 16.2. The molecule has 0 aliphatic rings. The molecular weight excluding hydrogens is 383 g/mol. The van der Waals surface area contributed by atoms with Crippen molar-refractivity contribution in [2.45, 2.75) is 0 Å². The third kappa shape index (κ3) is 7.18. The van der Waals surface area contributed by atoms with E-state index >= 15 is 0 Å². The van der Waals surface area contributed by atoms with Crippen LogP contribution in [-0.2, 0) is 5.07 Å². The van der Waals surface area contributed by atoms with Crippen molar-refractivity contribution in [3.8, 4) is 17.2 Å². The molecule has 8 nitrogen and oxygen atoms in total.